The Morgan fingerprint density at radius 1 is 1.53 bits per heavy atom. The number of aryl methyl sites for hydroxylation is 2. The molecular weight excluding hydrogens is 302 g/mol. The van der Waals surface area contributed by atoms with E-state index in [0.717, 1.165) is 42.0 Å². The van der Waals surface area contributed by atoms with E-state index in [1.807, 2.05) is 11.7 Å². The van der Waals surface area contributed by atoms with Crippen LogP contribution in [0.3, 0.4) is 0 Å². The van der Waals surface area contributed by atoms with Crippen molar-refractivity contribution in [3.8, 4) is 0 Å². The molecule has 1 heterocycles. The topological polar surface area (TPSA) is 29.9 Å². The van der Waals surface area contributed by atoms with E-state index < -0.39 is 0 Å². The summed E-state index contributed by atoms with van der Waals surface area (Å²) in [5, 5.41) is 7.93. The predicted octanol–water partition coefficient (Wildman–Crippen LogP) is 3.10. The molecule has 1 N–H and O–H groups in total. The summed E-state index contributed by atoms with van der Waals surface area (Å²) in [7, 11) is 1.99. The summed E-state index contributed by atoms with van der Waals surface area (Å²) in [6, 6.07) is 0. The fourth-order valence-corrected chi connectivity index (χ4v) is 2.87. The number of alkyl halides is 1. The van der Waals surface area contributed by atoms with Crippen LogP contribution in [0.5, 0.6) is 0 Å². The summed E-state index contributed by atoms with van der Waals surface area (Å²) in [6.07, 6.45) is 2.01. The van der Waals surface area contributed by atoms with Gasteiger partial charge in [0, 0.05) is 19.5 Å². The summed E-state index contributed by atoms with van der Waals surface area (Å²) in [5.41, 5.74) is 2.33. The lowest BCUT2D eigenvalue weighted by molar-refractivity contribution is 0.492. The maximum Gasteiger partial charge on any atom is 0.0767 e. The van der Waals surface area contributed by atoms with Crippen LogP contribution < -0.4 is 5.32 Å². The van der Waals surface area contributed by atoms with Crippen LogP contribution in [0, 0.1) is 5.92 Å². The molecule has 0 aliphatic heterocycles. The zero-order valence-corrected chi connectivity index (χ0v) is 13.1. The smallest absolute Gasteiger partial charge is 0.0767 e. The van der Waals surface area contributed by atoms with Gasteiger partial charge in [-0.25, -0.2) is 0 Å². The normalized spacial score (nSPS) is 13.0. The quantitative estimate of drug-likeness (QED) is 0.782. The van der Waals surface area contributed by atoms with Crippen LogP contribution in [0.4, 0.5) is 0 Å². The van der Waals surface area contributed by atoms with Gasteiger partial charge in [0.15, 0.2) is 0 Å². The van der Waals surface area contributed by atoms with Crippen molar-refractivity contribution in [2.45, 2.75) is 33.2 Å². The maximum atomic E-state index is 5.72. The summed E-state index contributed by atoms with van der Waals surface area (Å²) in [6.45, 7) is 6.17. The molecule has 0 aliphatic rings. The van der Waals surface area contributed by atoms with Crippen molar-refractivity contribution in [1.82, 2.24) is 15.1 Å². The molecular formula is C12H21BrClN3. The lowest BCUT2D eigenvalue weighted by Crippen LogP contribution is -2.22. The van der Waals surface area contributed by atoms with E-state index in [1.165, 1.54) is 5.69 Å². The lowest BCUT2D eigenvalue weighted by atomic mass is 10.1. The molecule has 0 fully saturated rings. The van der Waals surface area contributed by atoms with E-state index in [0.29, 0.717) is 5.92 Å². The van der Waals surface area contributed by atoms with Gasteiger partial charge in [-0.1, -0.05) is 13.8 Å². The Hall–Kier alpha value is -0.0600. The predicted molar refractivity (Wildman–Crippen MR) is 76.5 cm³/mol. The number of aromatic nitrogens is 2. The van der Waals surface area contributed by atoms with Crippen LogP contribution in [-0.4, -0.2) is 22.2 Å². The number of nitrogens with one attached hydrogen (secondary N) is 1. The van der Waals surface area contributed by atoms with Crippen LogP contribution in [0.1, 0.15) is 31.7 Å². The zero-order chi connectivity index (χ0) is 12.8. The highest BCUT2D eigenvalue weighted by atomic mass is 79.9. The molecule has 0 aromatic carbocycles. The van der Waals surface area contributed by atoms with E-state index in [4.69, 9.17) is 11.6 Å². The van der Waals surface area contributed by atoms with Crippen molar-refractivity contribution in [3.05, 3.63) is 15.9 Å². The van der Waals surface area contributed by atoms with Gasteiger partial charge in [-0.2, -0.15) is 5.10 Å². The van der Waals surface area contributed by atoms with Crippen molar-refractivity contribution in [2.24, 2.45) is 13.0 Å². The molecule has 1 aromatic heterocycles. The third-order valence-electron chi connectivity index (χ3n) is 2.89. The molecule has 5 heteroatoms. The summed E-state index contributed by atoms with van der Waals surface area (Å²) in [4.78, 5) is 0. The average Bonchev–Trinajstić information content (AvgIpc) is 2.56. The Balaban J connectivity index is 2.49. The van der Waals surface area contributed by atoms with E-state index in [1.54, 1.807) is 0 Å². The number of halogens is 2. The number of rotatable bonds is 7. The minimum atomic E-state index is 0.616. The molecule has 0 aliphatic carbocycles. The molecule has 0 radical (unpaired) electrons. The summed E-state index contributed by atoms with van der Waals surface area (Å²) >= 11 is 9.33. The van der Waals surface area contributed by atoms with E-state index >= 15 is 0 Å². The molecule has 1 unspecified atom stereocenters. The van der Waals surface area contributed by atoms with E-state index in [9.17, 15) is 0 Å². The number of hydrogen-bond donors (Lipinski definition) is 1. The van der Waals surface area contributed by atoms with Gasteiger partial charge in [-0.05, 0) is 41.2 Å². The number of nitrogens with zero attached hydrogens (tertiary/aromatic N) is 2. The molecule has 1 rings (SSSR count). The van der Waals surface area contributed by atoms with Gasteiger partial charge in [-0.3, -0.25) is 4.68 Å². The van der Waals surface area contributed by atoms with Crippen LogP contribution in [0.25, 0.3) is 0 Å². The molecule has 0 spiro atoms. The van der Waals surface area contributed by atoms with Crippen molar-refractivity contribution in [1.29, 1.82) is 0 Å². The number of hydrogen-bond acceptors (Lipinski definition) is 2. The average molecular weight is 323 g/mol. The molecule has 1 aromatic rings. The summed E-state index contributed by atoms with van der Waals surface area (Å²) < 4.78 is 3.09. The van der Waals surface area contributed by atoms with Crippen molar-refractivity contribution in [3.63, 3.8) is 0 Å². The van der Waals surface area contributed by atoms with Gasteiger partial charge in [0.2, 0.25) is 0 Å². The highest BCUT2D eigenvalue weighted by Crippen LogP contribution is 2.21. The fraction of sp³-hybridized carbons (Fsp3) is 0.750. The Kier molecular flexibility index (Phi) is 6.52. The third kappa shape index (κ3) is 4.27. The minimum absolute atomic E-state index is 0.616. The Morgan fingerprint density at radius 2 is 2.24 bits per heavy atom. The van der Waals surface area contributed by atoms with Gasteiger partial charge in [0.1, 0.15) is 0 Å². The molecule has 1 atom stereocenters. The van der Waals surface area contributed by atoms with Crippen molar-refractivity contribution < 1.29 is 0 Å². The second-order valence-corrected chi connectivity index (χ2v) is 5.57. The van der Waals surface area contributed by atoms with Gasteiger partial charge in [0.25, 0.3) is 0 Å². The first-order valence-electron chi connectivity index (χ1n) is 6.07. The molecule has 98 valence electrons. The molecule has 0 amide bonds. The van der Waals surface area contributed by atoms with Crippen LogP contribution in [-0.2, 0) is 20.0 Å². The molecule has 3 nitrogen and oxygen atoms in total. The standard InChI is InChI=1S/C12H21BrClN3/c1-4-10-12(13)11(17(3)16-10)8-15-7-9(2)5-6-14/h9,15H,4-8H2,1-3H3. The first-order valence-corrected chi connectivity index (χ1v) is 7.39. The van der Waals surface area contributed by atoms with Gasteiger partial charge in [-0.15, -0.1) is 11.6 Å². The Labute approximate surface area is 117 Å². The fourth-order valence-electron chi connectivity index (χ4n) is 1.74. The third-order valence-corrected chi connectivity index (χ3v) is 4.02. The molecule has 17 heavy (non-hydrogen) atoms. The highest BCUT2D eigenvalue weighted by Gasteiger charge is 2.12. The van der Waals surface area contributed by atoms with Crippen LogP contribution >= 0.6 is 27.5 Å². The van der Waals surface area contributed by atoms with Crippen molar-refractivity contribution in [2.75, 3.05) is 12.4 Å². The zero-order valence-electron chi connectivity index (χ0n) is 10.8. The summed E-state index contributed by atoms with van der Waals surface area (Å²) in [5.74, 6) is 1.35. The van der Waals surface area contributed by atoms with Gasteiger partial charge < -0.3 is 5.32 Å². The first kappa shape index (κ1) is 15.0. The molecule has 0 saturated heterocycles. The minimum Gasteiger partial charge on any atom is -0.311 e. The van der Waals surface area contributed by atoms with Crippen LogP contribution in [0.2, 0.25) is 0 Å². The van der Waals surface area contributed by atoms with Gasteiger partial charge >= 0.3 is 0 Å². The lowest BCUT2D eigenvalue weighted by Gasteiger charge is -2.11. The molecule has 0 saturated carbocycles. The SMILES string of the molecule is CCc1nn(C)c(CNCC(C)CCCl)c1Br. The first-order chi connectivity index (χ1) is 8.10. The Bertz CT molecular complexity index is 352. The van der Waals surface area contributed by atoms with Gasteiger partial charge in [0.05, 0.1) is 15.9 Å². The largest absolute Gasteiger partial charge is 0.311 e. The van der Waals surface area contributed by atoms with Crippen LogP contribution in [0.15, 0.2) is 4.47 Å². The van der Waals surface area contributed by atoms with E-state index in [2.05, 4.69) is 40.2 Å². The molecule has 0 bridgehead atoms. The second-order valence-electron chi connectivity index (χ2n) is 4.40. The van der Waals surface area contributed by atoms with Crippen molar-refractivity contribution >= 4 is 27.5 Å². The monoisotopic (exact) mass is 321 g/mol. The Morgan fingerprint density at radius 3 is 2.76 bits per heavy atom. The highest BCUT2D eigenvalue weighted by molar-refractivity contribution is 9.10. The van der Waals surface area contributed by atoms with E-state index in [-0.39, 0.29) is 0 Å². The maximum absolute atomic E-state index is 5.72. The second kappa shape index (κ2) is 7.39.